The lowest BCUT2D eigenvalue weighted by Gasteiger charge is -2.26. The summed E-state index contributed by atoms with van der Waals surface area (Å²) in [5.74, 6) is 0.741. The summed E-state index contributed by atoms with van der Waals surface area (Å²) in [5.41, 5.74) is 0. The van der Waals surface area contributed by atoms with E-state index in [1.165, 1.54) is 0 Å². The number of ether oxygens (including phenoxy) is 2. The second-order valence-corrected chi connectivity index (χ2v) is 4.84. The van der Waals surface area contributed by atoms with E-state index in [4.69, 9.17) is 9.47 Å². The molecular formula is C15H23N3O3. The minimum Gasteiger partial charge on any atom is -0.473 e. The molecule has 1 saturated heterocycles. The molecular weight excluding hydrogens is 270 g/mol. The molecule has 1 aliphatic heterocycles. The van der Waals surface area contributed by atoms with Gasteiger partial charge < -0.3 is 20.1 Å². The van der Waals surface area contributed by atoms with Gasteiger partial charge in [0.2, 0.25) is 0 Å². The van der Waals surface area contributed by atoms with Gasteiger partial charge in [-0.1, -0.05) is 18.2 Å². The monoisotopic (exact) mass is 293 g/mol. The number of urea groups is 1. The van der Waals surface area contributed by atoms with E-state index in [0.717, 1.165) is 45.0 Å². The minimum absolute atomic E-state index is 0.166. The van der Waals surface area contributed by atoms with Crippen molar-refractivity contribution in [2.24, 2.45) is 0 Å². The van der Waals surface area contributed by atoms with E-state index in [-0.39, 0.29) is 12.8 Å². The van der Waals surface area contributed by atoms with E-state index >= 15 is 0 Å². The van der Waals surface area contributed by atoms with E-state index in [0.29, 0.717) is 6.54 Å². The molecule has 2 amide bonds. The fourth-order valence-electron chi connectivity index (χ4n) is 2.09. The molecule has 0 bridgehead atoms. The van der Waals surface area contributed by atoms with Crippen LogP contribution in [-0.4, -0.2) is 57.1 Å². The topological polar surface area (TPSA) is 62.8 Å². The Hall–Kier alpha value is -1.79. The van der Waals surface area contributed by atoms with Crippen molar-refractivity contribution in [3.05, 3.63) is 30.3 Å². The van der Waals surface area contributed by atoms with Crippen LogP contribution in [0.25, 0.3) is 0 Å². The summed E-state index contributed by atoms with van der Waals surface area (Å²) in [4.78, 5) is 13.9. The fraction of sp³-hybridized carbons (Fsp3) is 0.533. The van der Waals surface area contributed by atoms with E-state index < -0.39 is 0 Å². The first-order valence-corrected chi connectivity index (χ1v) is 7.34. The number of hydrogen-bond acceptors (Lipinski definition) is 4. The summed E-state index contributed by atoms with van der Waals surface area (Å²) in [6.07, 6.45) is 0.937. The van der Waals surface area contributed by atoms with Gasteiger partial charge in [0.1, 0.15) is 5.75 Å². The van der Waals surface area contributed by atoms with Crippen LogP contribution < -0.4 is 15.4 Å². The van der Waals surface area contributed by atoms with Gasteiger partial charge in [0.25, 0.3) is 0 Å². The Morgan fingerprint density at radius 1 is 1.19 bits per heavy atom. The third kappa shape index (κ3) is 6.46. The molecule has 2 rings (SSSR count). The third-order valence-corrected chi connectivity index (χ3v) is 3.26. The van der Waals surface area contributed by atoms with Crippen LogP contribution in [0.5, 0.6) is 5.75 Å². The van der Waals surface area contributed by atoms with Crippen molar-refractivity contribution in [3.8, 4) is 5.75 Å². The lowest BCUT2D eigenvalue weighted by molar-refractivity contribution is 0.0375. The van der Waals surface area contributed by atoms with E-state index in [9.17, 15) is 4.79 Å². The predicted molar refractivity (Wildman–Crippen MR) is 80.3 cm³/mol. The van der Waals surface area contributed by atoms with Crippen LogP contribution in [0.3, 0.4) is 0 Å². The Morgan fingerprint density at radius 3 is 2.71 bits per heavy atom. The van der Waals surface area contributed by atoms with E-state index in [1.807, 2.05) is 30.3 Å². The zero-order valence-corrected chi connectivity index (χ0v) is 12.2. The maximum atomic E-state index is 11.5. The molecule has 6 nitrogen and oxygen atoms in total. The zero-order chi connectivity index (χ0) is 14.8. The van der Waals surface area contributed by atoms with Crippen LogP contribution in [-0.2, 0) is 4.74 Å². The maximum absolute atomic E-state index is 11.5. The Labute approximate surface area is 125 Å². The summed E-state index contributed by atoms with van der Waals surface area (Å²) in [6.45, 7) is 5.40. The first kappa shape index (κ1) is 15.6. The summed E-state index contributed by atoms with van der Waals surface area (Å²) >= 11 is 0. The third-order valence-electron chi connectivity index (χ3n) is 3.26. The summed E-state index contributed by atoms with van der Waals surface area (Å²) in [5, 5.41) is 5.48. The Morgan fingerprint density at radius 2 is 1.95 bits per heavy atom. The van der Waals surface area contributed by atoms with Gasteiger partial charge in [-0.15, -0.1) is 0 Å². The van der Waals surface area contributed by atoms with E-state index in [1.54, 1.807) is 0 Å². The average molecular weight is 293 g/mol. The average Bonchev–Trinajstić information content (AvgIpc) is 2.54. The smallest absolute Gasteiger partial charge is 0.317 e. The van der Waals surface area contributed by atoms with E-state index in [2.05, 4.69) is 15.5 Å². The standard InChI is InChI=1S/C15H23N3O3/c19-15(17-13-21-14-5-2-1-3-6-14)16-7-4-8-18-9-11-20-12-10-18/h1-3,5-6H,4,7-13H2,(H2,16,17,19). The highest BCUT2D eigenvalue weighted by Crippen LogP contribution is 2.06. The SMILES string of the molecule is O=C(NCCCN1CCOCC1)NCOc1ccccc1. The maximum Gasteiger partial charge on any atom is 0.317 e. The molecule has 116 valence electrons. The summed E-state index contributed by atoms with van der Waals surface area (Å²) in [6, 6.07) is 9.20. The molecule has 0 aromatic heterocycles. The van der Waals surface area contributed by atoms with Crippen molar-refractivity contribution in [2.75, 3.05) is 46.1 Å². The molecule has 0 saturated carbocycles. The lowest BCUT2D eigenvalue weighted by Crippen LogP contribution is -2.40. The van der Waals surface area contributed by atoms with Crippen LogP contribution in [0, 0.1) is 0 Å². The Balaban J connectivity index is 1.47. The predicted octanol–water partition coefficient (Wildman–Crippen LogP) is 1.04. The van der Waals surface area contributed by atoms with Gasteiger partial charge in [-0.2, -0.15) is 0 Å². The molecule has 1 fully saturated rings. The normalized spacial score (nSPS) is 15.4. The van der Waals surface area contributed by atoms with Crippen LogP contribution in [0.15, 0.2) is 30.3 Å². The minimum atomic E-state index is -0.201. The summed E-state index contributed by atoms with van der Waals surface area (Å²) in [7, 11) is 0. The lowest BCUT2D eigenvalue weighted by atomic mass is 10.3. The number of hydrogen-bond donors (Lipinski definition) is 2. The second-order valence-electron chi connectivity index (χ2n) is 4.84. The van der Waals surface area contributed by atoms with Gasteiger partial charge in [0.15, 0.2) is 6.73 Å². The van der Waals surface area contributed by atoms with Gasteiger partial charge in [0.05, 0.1) is 13.2 Å². The van der Waals surface area contributed by atoms with Crippen molar-refractivity contribution in [1.82, 2.24) is 15.5 Å². The fourth-order valence-corrected chi connectivity index (χ4v) is 2.09. The highest BCUT2D eigenvalue weighted by atomic mass is 16.5. The van der Waals surface area contributed by atoms with Crippen LogP contribution in [0.1, 0.15) is 6.42 Å². The molecule has 2 N–H and O–H groups in total. The van der Waals surface area contributed by atoms with Crippen molar-refractivity contribution in [2.45, 2.75) is 6.42 Å². The number of carbonyl (C=O) groups is 1. The van der Waals surface area contributed by atoms with Crippen molar-refractivity contribution < 1.29 is 14.3 Å². The number of nitrogens with one attached hydrogen (secondary N) is 2. The number of nitrogens with zero attached hydrogens (tertiary/aromatic N) is 1. The second kappa shape index (κ2) is 9.20. The molecule has 1 aromatic rings. The number of para-hydroxylation sites is 1. The number of carbonyl (C=O) groups excluding carboxylic acids is 1. The number of amides is 2. The molecule has 0 radical (unpaired) electrons. The molecule has 6 heteroatoms. The molecule has 1 aromatic carbocycles. The van der Waals surface area contributed by atoms with Crippen molar-refractivity contribution in [1.29, 1.82) is 0 Å². The van der Waals surface area contributed by atoms with Crippen molar-refractivity contribution in [3.63, 3.8) is 0 Å². The molecule has 21 heavy (non-hydrogen) atoms. The first-order valence-electron chi connectivity index (χ1n) is 7.34. The van der Waals surface area contributed by atoms with Gasteiger partial charge in [0, 0.05) is 19.6 Å². The van der Waals surface area contributed by atoms with Crippen molar-refractivity contribution >= 4 is 6.03 Å². The Kier molecular flexibility index (Phi) is 6.83. The van der Waals surface area contributed by atoms with Crippen LogP contribution in [0.4, 0.5) is 4.79 Å². The summed E-state index contributed by atoms with van der Waals surface area (Å²) < 4.78 is 10.7. The number of rotatable bonds is 7. The van der Waals surface area contributed by atoms with Gasteiger partial charge in [-0.3, -0.25) is 4.90 Å². The molecule has 1 heterocycles. The van der Waals surface area contributed by atoms with Gasteiger partial charge in [-0.25, -0.2) is 4.79 Å². The van der Waals surface area contributed by atoms with Gasteiger partial charge in [-0.05, 0) is 25.1 Å². The highest BCUT2D eigenvalue weighted by molar-refractivity contribution is 5.73. The molecule has 0 spiro atoms. The zero-order valence-electron chi connectivity index (χ0n) is 12.2. The molecule has 0 aliphatic carbocycles. The quantitative estimate of drug-likeness (QED) is 0.582. The highest BCUT2D eigenvalue weighted by Gasteiger charge is 2.09. The number of morpholine rings is 1. The Bertz CT molecular complexity index is 408. The van der Waals surface area contributed by atoms with Gasteiger partial charge >= 0.3 is 6.03 Å². The van der Waals surface area contributed by atoms with Crippen LogP contribution >= 0.6 is 0 Å². The first-order chi connectivity index (χ1) is 10.3. The number of benzene rings is 1. The molecule has 0 atom stereocenters. The molecule has 1 aliphatic rings. The molecule has 0 unspecified atom stereocenters. The largest absolute Gasteiger partial charge is 0.473 e. The van der Waals surface area contributed by atoms with Crippen LogP contribution in [0.2, 0.25) is 0 Å².